The van der Waals surface area contributed by atoms with Crippen LogP contribution in [0.4, 0.5) is 18.9 Å². The van der Waals surface area contributed by atoms with Crippen LogP contribution < -0.4 is 4.74 Å². The first-order valence-electron chi connectivity index (χ1n) is 8.62. The van der Waals surface area contributed by atoms with Gasteiger partial charge in [-0.05, 0) is 31.2 Å². The normalized spacial score (nSPS) is 11.1. The highest BCUT2D eigenvalue weighted by atomic mass is 35.5. The number of carbonyl (C=O) groups is 2. The van der Waals surface area contributed by atoms with Gasteiger partial charge in [-0.25, -0.2) is 4.79 Å². The summed E-state index contributed by atoms with van der Waals surface area (Å²) in [5.74, 6) is -2.02. The fraction of sp³-hybridized carbons (Fsp3) is 0.263. The highest BCUT2D eigenvalue weighted by Gasteiger charge is 2.31. The summed E-state index contributed by atoms with van der Waals surface area (Å²) in [6, 6.07) is 5.40. The fourth-order valence-electron chi connectivity index (χ4n) is 2.27. The SMILES string of the molecule is CCOCC(=O)COC(=O)c1cc(Oc2ccc(C(F)(F)F)cc2Cl)ccc1[N+](=O)[O-]. The van der Waals surface area contributed by atoms with Crippen LogP contribution in [0.25, 0.3) is 0 Å². The number of halogens is 4. The van der Waals surface area contributed by atoms with Crippen molar-refractivity contribution < 1.29 is 41.9 Å². The topological polar surface area (TPSA) is 105 Å². The number of benzene rings is 2. The Morgan fingerprint density at radius 1 is 1.13 bits per heavy atom. The van der Waals surface area contributed by atoms with Crippen LogP contribution in [0, 0.1) is 10.1 Å². The van der Waals surface area contributed by atoms with E-state index in [9.17, 15) is 32.9 Å². The lowest BCUT2D eigenvalue weighted by Gasteiger charge is -2.12. The van der Waals surface area contributed by atoms with Crippen LogP contribution in [-0.2, 0) is 20.4 Å². The van der Waals surface area contributed by atoms with Crippen LogP contribution in [0.15, 0.2) is 36.4 Å². The molecule has 31 heavy (non-hydrogen) atoms. The van der Waals surface area contributed by atoms with Crippen molar-refractivity contribution in [2.24, 2.45) is 0 Å². The molecule has 0 heterocycles. The maximum absolute atomic E-state index is 12.7. The molecule has 2 rings (SSSR count). The number of hydrogen-bond acceptors (Lipinski definition) is 7. The van der Waals surface area contributed by atoms with E-state index in [2.05, 4.69) is 0 Å². The van der Waals surface area contributed by atoms with Crippen LogP contribution in [0.5, 0.6) is 11.5 Å². The monoisotopic (exact) mass is 461 g/mol. The number of Topliss-reactive ketones (excluding diaryl/α,β-unsaturated/α-hetero) is 1. The molecule has 8 nitrogen and oxygen atoms in total. The van der Waals surface area contributed by atoms with Crippen LogP contribution in [0.3, 0.4) is 0 Å². The van der Waals surface area contributed by atoms with Crippen LogP contribution >= 0.6 is 11.6 Å². The highest BCUT2D eigenvalue weighted by molar-refractivity contribution is 6.32. The maximum Gasteiger partial charge on any atom is 0.416 e. The third-order valence-electron chi connectivity index (χ3n) is 3.70. The maximum atomic E-state index is 12.7. The molecule has 0 bridgehead atoms. The molecule has 0 atom stereocenters. The van der Waals surface area contributed by atoms with Gasteiger partial charge in [0.25, 0.3) is 5.69 Å². The van der Waals surface area contributed by atoms with Crippen molar-refractivity contribution in [3.05, 3.63) is 62.7 Å². The molecule has 166 valence electrons. The Bertz CT molecular complexity index is 995. The summed E-state index contributed by atoms with van der Waals surface area (Å²) in [6.45, 7) is 0.987. The second kappa shape index (κ2) is 10.2. The predicted molar refractivity (Wildman–Crippen MR) is 101 cm³/mol. The third-order valence-corrected chi connectivity index (χ3v) is 4.00. The van der Waals surface area contributed by atoms with Crippen LogP contribution in [0.2, 0.25) is 5.02 Å². The van der Waals surface area contributed by atoms with Gasteiger partial charge in [-0.15, -0.1) is 0 Å². The van der Waals surface area contributed by atoms with E-state index in [1.54, 1.807) is 6.92 Å². The minimum atomic E-state index is -4.61. The van der Waals surface area contributed by atoms with E-state index < -0.39 is 46.3 Å². The molecule has 0 spiro atoms. The van der Waals surface area contributed by atoms with Crippen molar-refractivity contribution >= 4 is 29.0 Å². The van der Waals surface area contributed by atoms with Gasteiger partial charge in [-0.2, -0.15) is 13.2 Å². The number of alkyl halides is 3. The van der Waals surface area contributed by atoms with Gasteiger partial charge in [0, 0.05) is 18.7 Å². The average Bonchev–Trinajstić information content (AvgIpc) is 2.70. The molecule has 0 aliphatic carbocycles. The number of carbonyl (C=O) groups excluding carboxylic acids is 2. The Morgan fingerprint density at radius 3 is 2.42 bits per heavy atom. The highest BCUT2D eigenvalue weighted by Crippen LogP contribution is 2.37. The van der Waals surface area contributed by atoms with Crippen molar-refractivity contribution in [2.45, 2.75) is 13.1 Å². The minimum absolute atomic E-state index is 0.125. The first-order chi connectivity index (χ1) is 14.5. The summed E-state index contributed by atoms with van der Waals surface area (Å²) in [7, 11) is 0. The number of esters is 1. The molecule has 2 aromatic rings. The Labute approximate surface area is 178 Å². The van der Waals surface area contributed by atoms with Gasteiger partial charge in [-0.3, -0.25) is 14.9 Å². The number of nitro benzene ring substituents is 1. The van der Waals surface area contributed by atoms with Gasteiger partial charge in [-0.1, -0.05) is 11.6 Å². The fourth-order valence-corrected chi connectivity index (χ4v) is 2.49. The zero-order chi connectivity index (χ0) is 23.2. The molecule has 0 saturated heterocycles. The van der Waals surface area contributed by atoms with Crippen molar-refractivity contribution in [1.82, 2.24) is 0 Å². The number of hydrogen-bond donors (Lipinski definition) is 0. The first kappa shape index (κ1) is 24.1. The third kappa shape index (κ3) is 6.66. The molecule has 0 saturated carbocycles. The molecule has 0 radical (unpaired) electrons. The van der Waals surface area contributed by atoms with E-state index in [0.717, 1.165) is 30.3 Å². The predicted octanol–water partition coefficient (Wildman–Crippen LogP) is 4.82. The number of nitrogens with zero attached hydrogens (tertiary/aromatic N) is 1. The second-order valence-corrected chi connectivity index (χ2v) is 6.34. The zero-order valence-electron chi connectivity index (χ0n) is 15.9. The Hall–Kier alpha value is -3.18. The van der Waals surface area contributed by atoms with E-state index in [4.69, 9.17) is 25.8 Å². The molecule has 0 N–H and O–H groups in total. The van der Waals surface area contributed by atoms with Crippen molar-refractivity contribution in [3.63, 3.8) is 0 Å². The largest absolute Gasteiger partial charge is 0.456 e. The van der Waals surface area contributed by atoms with Crippen LogP contribution in [0.1, 0.15) is 22.8 Å². The second-order valence-electron chi connectivity index (χ2n) is 5.93. The van der Waals surface area contributed by atoms with Gasteiger partial charge in [0.05, 0.1) is 15.5 Å². The van der Waals surface area contributed by atoms with Gasteiger partial charge < -0.3 is 14.2 Å². The lowest BCUT2D eigenvalue weighted by atomic mass is 10.1. The molecule has 2 aromatic carbocycles. The molecular weight excluding hydrogens is 447 g/mol. The van der Waals surface area contributed by atoms with Gasteiger partial charge in [0.2, 0.25) is 0 Å². The molecule has 0 aliphatic rings. The van der Waals surface area contributed by atoms with Gasteiger partial charge in [0.1, 0.15) is 23.7 Å². The number of ether oxygens (including phenoxy) is 3. The Kier molecular flexibility index (Phi) is 7.95. The lowest BCUT2D eigenvalue weighted by Crippen LogP contribution is -2.19. The quantitative estimate of drug-likeness (QED) is 0.299. The smallest absolute Gasteiger partial charge is 0.416 e. The summed E-state index contributed by atoms with van der Waals surface area (Å²) in [5.41, 5.74) is -2.13. The van der Waals surface area contributed by atoms with E-state index in [0.29, 0.717) is 6.07 Å². The van der Waals surface area contributed by atoms with Crippen molar-refractivity contribution in [2.75, 3.05) is 19.8 Å². The van der Waals surface area contributed by atoms with E-state index in [1.165, 1.54) is 0 Å². The van der Waals surface area contributed by atoms with E-state index >= 15 is 0 Å². The Morgan fingerprint density at radius 2 is 1.84 bits per heavy atom. The number of ketones is 1. The number of nitro groups is 1. The molecule has 0 fully saturated rings. The minimum Gasteiger partial charge on any atom is -0.456 e. The van der Waals surface area contributed by atoms with Crippen LogP contribution in [-0.4, -0.2) is 36.5 Å². The zero-order valence-corrected chi connectivity index (χ0v) is 16.7. The lowest BCUT2D eigenvalue weighted by molar-refractivity contribution is -0.385. The molecular formula is C19H15ClF3NO7. The van der Waals surface area contributed by atoms with Crippen molar-refractivity contribution in [1.29, 1.82) is 0 Å². The number of rotatable bonds is 9. The molecule has 0 amide bonds. The van der Waals surface area contributed by atoms with E-state index in [1.807, 2.05) is 0 Å². The molecule has 12 heteroatoms. The Balaban J connectivity index is 2.24. The average molecular weight is 462 g/mol. The van der Waals surface area contributed by atoms with Gasteiger partial charge in [0.15, 0.2) is 12.4 Å². The summed E-state index contributed by atoms with van der Waals surface area (Å²) < 4.78 is 53.2. The first-order valence-corrected chi connectivity index (χ1v) is 9.00. The molecule has 0 aromatic heterocycles. The molecule has 0 unspecified atom stereocenters. The summed E-state index contributed by atoms with van der Waals surface area (Å²) >= 11 is 5.82. The summed E-state index contributed by atoms with van der Waals surface area (Å²) in [5, 5.41) is 10.8. The molecule has 0 aliphatic heterocycles. The summed E-state index contributed by atoms with van der Waals surface area (Å²) in [4.78, 5) is 34.2. The summed E-state index contributed by atoms with van der Waals surface area (Å²) in [6.07, 6.45) is -4.61. The van der Waals surface area contributed by atoms with E-state index in [-0.39, 0.29) is 29.7 Å². The standard InChI is InChI=1S/C19H15ClF3NO7/c1-2-29-9-12(25)10-30-18(26)14-8-13(4-5-16(14)24(27)28)31-17-6-3-11(7-15(17)20)19(21,22)23/h3-8H,2,9-10H2,1H3. The van der Waals surface area contributed by atoms with Gasteiger partial charge >= 0.3 is 12.1 Å². The van der Waals surface area contributed by atoms with Crippen molar-refractivity contribution in [3.8, 4) is 11.5 Å².